The molecular weight excluding hydrogens is 228 g/mol. The number of urea groups is 1. The van der Waals surface area contributed by atoms with E-state index in [1.807, 2.05) is 0 Å². The molecule has 1 aliphatic carbocycles. The molecule has 104 valence electrons. The van der Waals surface area contributed by atoms with Crippen molar-refractivity contribution < 1.29 is 9.53 Å². The summed E-state index contributed by atoms with van der Waals surface area (Å²) in [6, 6.07) is -0.0149. The minimum absolute atomic E-state index is 0.0111. The lowest BCUT2D eigenvalue weighted by Gasteiger charge is -2.37. The molecule has 0 aromatic carbocycles. The maximum Gasteiger partial charge on any atom is 0.315 e. The van der Waals surface area contributed by atoms with E-state index in [2.05, 4.69) is 24.5 Å². The Morgan fingerprint density at radius 1 is 1.33 bits per heavy atom. The lowest BCUT2D eigenvalue weighted by Crippen LogP contribution is -2.52. The van der Waals surface area contributed by atoms with Crippen LogP contribution in [0, 0.1) is 11.8 Å². The van der Waals surface area contributed by atoms with Gasteiger partial charge in [-0.3, -0.25) is 0 Å². The van der Waals surface area contributed by atoms with Gasteiger partial charge in [-0.05, 0) is 44.9 Å². The van der Waals surface area contributed by atoms with Crippen molar-refractivity contribution in [1.82, 2.24) is 10.6 Å². The SMILES string of the molecule is CC1CCC(C)(NC(=O)NC[C@H]2CCOC2)CC1. The summed E-state index contributed by atoms with van der Waals surface area (Å²) in [5.41, 5.74) is -0.0111. The minimum atomic E-state index is -0.0149. The van der Waals surface area contributed by atoms with Gasteiger partial charge in [-0.2, -0.15) is 0 Å². The number of carbonyl (C=O) groups excluding carboxylic acids is 1. The molecule has 1 atom stereocenters. The first-order valence-corrected chi connectivity index (χ1v) is 7.21. The van der Waals surface area contributed by atoms with Gasteiger partial charge in [0.15, 0.2) is 0 Å². The maximum atomic E-state index is 11.9. The highest BCUT2D eigenvalue weighted by Crippen LogP contribution is 2.31. The van der Waals surface area contributed by atoms with Gasteiger partial charge < -0.3 is 15.4 Å². The molecule has 4 nitrogen and oxygen atoms in total. The van der Waals surface area contributed by atoms with Gasteiger partial charge in [0.1, 0.15) is 0 Å². The summed E-state index contributed by atoms with van der Waals surface area (Å²) in [6.45, 7) is 6.81. The van der Waals surface area contributed by atoms with Crippen molar-refractivity contribution in [1.29, 1.82) is 0 Å². The van der Waals surface area contributed by atoms with Gasteiger partial charge in [-0.1, -0.05) is 6.92 Å². The predicted molar refractivity (Wildman–Crippen MR) is 71.5 cm³/mol. The van der Waals surface area contributed by atoms with Crippen LogP contribution in [0.3, 0.4) is 0 Å². The normalized spacial score (nSPS) is 36.3. The fourth-order valence-electron chi connectivity index (χ4n) is 2.82. The van der Waals surface area contributed by atoms with Crippen LogP contribution in [0.5, 0.6) is 0 Å². The number of carbonyl (C=O) groups is 1. The van der Waals surface area contributed by atoms with Crippen molar-refractivity contribution in [3.05, 3.63) is 0 Å². The van der Waals surface area contributed by atoms with Crippen LogP contribution in [0.4, 0.5) is 4.79 Å². The molecule has 0 radical (unpaired) electrons. The fraction of sp³-hybridized carbons (Fsp3) is 0.929. The lowest BCUT2D eigenvalue weighted by atomic mass is 9.78. The molecule has 0 bridgehead atoms. The number of hydrogen-bond donors (Lipinski definition) is 2. The number of amides is 2. The highest BCUT2D eigenvalue weighted by atomic mass is 16.5. The molecule has 0 unspecified atom stereocenters. The third kappa shape index (κ3) is 3.87. The van der Waals surface area contributed by atoms with Gasteiger partial charge >= 0.3 is 6.03 Å². The smallest absolute Gasteiger partial charge is 0.315 e. The molecule has 4 heteroatoms. The van der Waals surface area contributed by atoms with Crippen molar-refractivity contribution in [3.8, 4) is 0 Å². The second-order valence-electron chi connectivity index (χ2n) is 6.31. The molecule has 18 heavy (non-hydrogen) atoms. The summed E-state index contributed by atoms with van der Waals surface area (Å²) in [4.78, 5) is 11.9. The molecule has 0 aromatic rings. The van der Waals surface area contributed by atoms with E-state index in [1.54, 1.807) is 0 Å². The second-order valence-corrected chi connectivity index (χ2v) is 6.31. The van der Waals surface area contributed by atoms with Crippen LogP contribution in [-0.2, 0) is 4.74 Å². The van der Waals surface area contributed by atoms with Crippen molar-refractivity contribution in [3.63, 3.8) is 0 Å². The highest BCUT2D eigenvalue weighted by molar-refractivity contribution is 5.74. The molecule has 0 spiro atoms. The van der Waals surface area contributed by atoms with Gasteiger partial charge in [0, 0.05) is 24.6 Å². The van der Waals surface area contributed by atoms with Gasteiger partial charge in [-0.15, -0.1) is 0 Å². The minimum Gasteiger partial charge on any atom is -0.381 e. The standard InChI is InChI=1S/C14H26N2O2/c1-11-3-6-14(2,7-4-11)16-13(17)15-9-12-5-8-18-10-12/h11-12H,3-10H2,1-2H3,(H2,15,16,17)/t11?,12-,14?/m1/s1. The van der Waals surface area contributed by atoms with Crippen LogP contribution < -0.4 is 10.6 Å². The van der Waals surface area contributed by atoms with Crippen molar-refractivity contribution in [2.75, 3.05) is 19.8 Å². The Balaban J connectivity index is 1.69. The molecular formula is C14H26N2O2. The largest absolute Gasteiger partial charge is 0.381 e. The van der Waals surface area contributed by atoms with Crippen LogP contribution in [0.15, 0.2) is 0 Å². The molecule has 2 rings (SSSR count). The van der Waals surface area contributed by atoms with Crippen molar-refractivity contribution in [2.45, 2.75) is 51.5 Å². The first-order chi connectivity index (χ1) is 8.57. The zero-order valence-electron chi connectivity index (χ0n) is 11.6. The number of hydrogen-bond acceptors (Lipinski definition) is 2. The van der Waals surface area contributed by atoms with Crippen LogP contribution >= 0.6 is 0 Å². The predicted octanol–water partition coefficient (Wildman–Crippen LogP) is 2.29. The molecule has 2 amide bonds. The van der Waals surface area contributed by atoms with Gasteiger partial charge in [0.05, 0.1) is 6.61 Å². The Kier molecular flexibility index (Phi) is 4.49. The monoisotopic (exact) mass is 254 g/mol. The van der Waals surface area contributed by atoms with Gasteiger partial charge in [0.2, 0.25) is 0 Å². The first kappa shape index (κ1) is 13.7. The topological polar surface area (TPSA) is 50.4 Å². The molecule has 2 fully saturated rings. The summed E-state index contributed by atoms with van der Waals surface area (Å²) >= 11 is 0. The highest BCUT2D eigenvalue weighted by Gasteiger charge is 2.31. The average Bonchev–Trinajstić information content (AvgIpc) is 2.84. The molecule has 0 aromatic heterocycles. The molecule has 1 heterocycles. The van der Waals surface area contributed by atoms with E-state index in [1.165, 1.54) is 12.8 Å². The summed E-state index contributed by atoms with van der Waals surface area (Å²) < 4.78 is 5.30. The summed E-state index contributed by atoms with van der Waals surface area (Å²) in [5, 5.41) is 6.13. The Bertz CT molecular complexity index is 280. The maximum absolute atomic E-state index is 11.9. The Morgan fingerprint density at radius 2 is 2.06 bits per heavy atom. The van der Waals surface area contributed by atoms with Crippen LogP contribution in [0.2, 0.25) is 0 Å². The third-order valence-corrected chi connectivity index (χ3v) is 4.37. The number of ether oxygens (including phenoxy) is 1. The van der Waals surface area contributed by atoms with Gasteiger partial charge in [-0.25, -0.2) is 4.79 Å². The van der Waals surface area contributed by atoms with E-state index < -0.39 is 0 Å². The average molecular weight is 254 g/mol. The molecule has 1 saturated heterocycles. The van der Waals surface area contributed by atoms with Crippen LogP contribution in [0.25, 0.3) is 0 Å². The quantitative estimate of drug-likeness (QED) is 0.812. The number of nitrogens with one attached hydrogen (secondary N) is 2. The van der Waals surface area contributed by atoms with E-state index in [-0.39, 0.29) is 11.6 Å². The zero-order chi connectivity index (χ0) is 13.0. The summed E-state index contributed by atoms with van der Waals surface area (Å²) in [5.74, 6) is 1.30. The van der Waals surface area contributed by atoms with E-state index in [4.69, 9.17) is 4.74 Å². The molecule has 1 saturated carbocycles. The molecule has 2 N–H and O–H groups in total. The first-order valence-electron chi connectivity index (χ1n) is 7.21. The fourth-order valence-corrected chi connectivity index (χ4v) is 2.82. The summed E-state index contributed by atoms with van der Waals surface area (Å²) in [7, 11) is 0. The Hall–Kier alpha value is -0.770. The Labute approximate surface area is 110 Å². The molecule has 2 aliphatic rings. The van der Waals surface area contributed by atoms with Crippen molar-refractivity contribution >= 4 is 6.03 Å². The van der Waals surface area contributed by atoms with E-state index >= 15 is 0 Å². The van der Waals surface area contributed by atoms with E-state index in [0.29, 0.717) is 5.92 Å². The van der Waals surface area contributed by atoms with Gasteiger partial charge in [0.25, 0.3) is 0 Å². The second kappa shape index (κ2) is 5.91. The van der Waals surface area contributed by atoms with Crippen LogP contribution in [0.1, 0.15) is 46.0 Å². The summed E-state index contributed by atoms with van der Waals surface area (Å²) in [6.07, 6.45) is 5.68. The zero-order valence-corrected chi connectivity index (χ0v) is 11.6. The van der Waals surface area contributed by atoms with Crippen LogP contribution in [-0.4, -0.2) is 31.3 Å². The number of rotatable bonds is 3. The van der Waals surface area contributed by atoms with Crippen molar-refractivity contribution in [2.24, 2.45) is 11.8 Å². The Morgan fingerprint density at radius 3 is 2.67 bits per heavy atom. The van der Waals surface area contributed by atoms with E-state index in [9.17, 15) is 4.79 Å². The molecule has 1 aliphatic heterocycles. The lowest BCUT2D eigenvalue weighted by molar-refractivity contribution is 0.182. The third-order valence-electron chi connectivity index (χ3n) is 4.37. The van der Waals surface area contributed by atoms with E-state index in [0.717, 1.165) is 44.9 Å².